The van der Waals surface area contributed by atoms with Crippen LogP contribution in [0, 0.1) is 13.8 Å². The summed E-state index contributed by atoms with van der Waals surface area (Å²) < 4.78 is 16.1. The highest BCUT2D eigenvalue weighted by molar-refractivity contribution is 6.46. The van der Waals surface area contributed by atoms with Crippen molar-refractivity contribution in [3.8, 4) is 5.75 Å². The number of Topliss-reactive ketones (excluding diaryl/α,β-unsaturated/α-hetero) is 1. The van der Waals surface area contributed by atoms with Crippen molar-refractivity contribution in [2.45, 2.75) is 26.8 Å². The number of aliphatic hydroxyl groups is 1. The third-order valence-electron chi connectivity index (χ3n) is 7.02. The van der Waals surface area contributed by atoms with E-state index in [-0.39, 0.29) is 23.6 Å². The number of aromatic amines is 1. The van der Waals surface area contributed by atoms with Crippen molar-refractivity contribution in [1.29, 1.82) is 0 Å². The van der Waals surface area contributed by atoms with Gasteiger partial charge in [-0.2, -0.15) is 0 Å². The number of carbonyl (C=O) groups is 3. The second-order valence-corrected chi connectivity index (χ2v) is 9.46. The number of nitrogens with zero attached hydrogens (tertiary/aromatic N) is 2. The molecular formula is C29H35N3O7. The standard InChI is InChI=1S/C29H35N3O7/c1-5-15-39-21-9-7-20(8-10-21)25-23(26(33)22-18(3)24(30-19(22)4)29(36)38-6-2)27(34)28(35)32(25)12-11-31-13-16-37-17-14-31/h5,7-10,25,30,33H,1,6,11-17H2,2-4H3. The second-order valence-electron chi connectivity index (χ2n) is 9.46. The van der Waals surface area contributed by atoms with Gasteiger partial charge < -0.3 is 29.2 Å². The molecule has 1 atom stereocenters. The number of carbonyl (C=O) groups excluding carboxylic acids is 3. The second kappa shape index (κ2) is 12.3. The third kappa shape index (κ3) is 5.76. The van der Waals surface area contributed by atoms with Gasteiger partial charge in [-0.05, 0) is 44.0 Å². The first kappa shape index (κ1) is 28.1. The molecule has 208 valence electrons. The zero-order chi connectivity index (χ0) is 28.1. The quantitative estimate of drug-likeness (QED) is 0.156. The lowest BCUT2D eigenvalue weighted by Crippen LogP contribution is -2.42. The van der Waals surface area contributed by atoms with E-state index >= 15 is 0 Å². The number of nitrogens with one attached hydrogen (secondary N) is 1. The van der Waals surface area contributed by atoms with E-state index in [0.717, 1.165) is 13.1 Å². The number of ether oxygens (including phenoxy) is 3. The van der Waals surface area contributed by atoms with Crippen LogP contribution in [-0.2, 0) is 19.1 Å². The first-order valence-electron chi connectivity index (χ1n) is 13.1. The van der Waals surface area contributed by atoms with Gasteiger partial charge in [-0.25, -0.2) is 4.79 Å². The Hall–Kier alpha value is -3.89. The summed E-state index contributed by atoms with van der Waals surface area (Å²) in [5.74, 6) is -1.74. The van der Waals surface area contributed by atoms with E-state index in [2.05, 4.69) is 16.5 Å². The number of esters is 1. The molecule has 0 spiro atoms. The van der Waals surface area contributed by atoms with E-state index in [1.54, 1.807) is 51.1 Å². The maximum absolute atomic E-state index is 13.5. The van der Waals surface area contributed by atoms with Gasteiger partial charge in [-0.1, -0.05) is 24.8 Å². The number of amides is 1. The highest BCUT2D eigenvalue weighted by atomic mass is 16.5. The Morgan fingerprint density at radius 1 is 1.18 bits per heavy atom. The minimum Gasteiger partial charge on any atom is -0.507 e. The van der Waals surface area contributed by atoms with Crippen molar-refractivity contribution in [3.05, 3.63) is 70.6 Å². The van der Waals surface area contributed by atoms with Crippen molar-refractivity contribution < 1.29 is 33.7 Å². The van der Waals surface area contributed by atoms with Crippen molar-refractivity contribution in [2.75, 3.05) is 52.6 Å². The number of morpholine rings is 1. The van der Waals surface area contributed by atoms with E-state index < -0.39 is 23.7 Å². The summed E-state index contributed by atoms with van der Waals surface area (Å²) >= 11 is 0. The molecule has 3 heterocycles. The van der Waals surface area contributed by atoms with Crippen LogP contribution in [0.2, 0.25) is 0 Å². The molecule has 2 aromatic rings. The average molecular weight is 538 g/mol. The van der Waals surface area contributed by atoms with E-state index in [1.807, 2.05) is 0 Å². The molecule has 4 rings (SSSR count). The third-order valence-corrected chi connectivity index (χ3v) is 7.02. The fraction of sp³-hybridized carbons (Fsp3) is 0.414. The first-order chi connectivity index (χ1) is 18.8. The van der Waals surface area contributed by atoms with Gasteiger partial charge in [0.05, 0.1) is 31.4 Å². The van der Waals surface area contributed by atoms with E-state index in [0.29, 0.717) is 61.0 Å². The van der Waals surface area contributed by atoms with E-state index in [4.69, 9.17) is 14.2 Å². The molecule has 2 saturated heterocycles. The number of hydrogen-bond acceptors (Lipinski definition) is 8. The molecule has 10 heteroatoms. The summed E-state index contributed by atoms with van der Waals surface area (Å²) in [7, 11) is 0. The topological polar surface area (TPSA) is 121 Å². The van der Waals surface area contributed by atoms with Gasteiger partial charge in [0, 0.05) is 37.4 Å². The average Bonchev–Trinajstić information content (AvgIpc) is 3.38. The molecule has 10 nitrogen and oxygen atoms in total. The SMILES string of the molecule is C=CCOc1ccc(C2C(=C(O)c3c(C)[nH]c(C(=O)OCC)c3C)C(=O)C(=O)N2CCN2CCOCC2)cc1. The maximum atomic E-state index is 13.5. The lowest BCUT2D eigenvalue weighted by molar-refractivity contribution is -0.140. The number of H-pyrrole nitrogens is 1. The Balaban J connectivity index is 1.77. The lowest BCUT2D eigenvalue weighted by atomic mass is 9.94. The number of aryl methyl sites for hydroxylation is 1. The predicted molar refractivity (Wildman–Crippen MR) is 145 cm³/mol. The molecule has 2 N–H and O–H groups in total. The molecule has 0 saturated carbocycles. The molecular weight excluding hydrogens is 502 g/mol. The Kier molecular flexibility index (Phi) is 8.88. The van der Waals surface area contributed by atoms with Gasteiger partial charge in [0.15, 0.2) is 0 Å². The zero-order valence-electron chi connectivity index (χ0n) is 22.6. The number of benzene rings is 1. The van der Waals surface area contributed by atoms with Crippen LogP contribution in [0.15, 0.2) is 42.5 Å². The summed E-state index contributed by atoms with van der Waals surface area (Å²) in [6.45, 7) is 12.8. The van der Waals surface area contributed by atoms with Crippen LogP contribution in [0.1, 0.15) is 45.8 Å². The van der Waals surface area contributed by atoms with Crippen LogP contribution in [0.5, 0.6) is 5.75 Å². The summed E-state index contributed by atoms with van der Waals surface area (Å²) in [5.41, 5.74) is 2.05. The van der Waals surface area contributed by atoms with Gasteiger partial charge in [0.2, 0.25) is 0 Å². The molecule has 2 fully saturated rings. The number of hydrogen-bond donors (Lipinski definition) is 2. The minimum atomic E-state index is -0.820. The molecule has 2 aliphatic heterocycles. The van der Waals surface area contributed by atoms with E-state index in [9.17, 15) is 19.5 Å². The van der Waals surface area contributed by atoms with Gasteiger partial charge >= 0.3 is 5.97 Å². The first-order valence-corrected chi connectivity index (χ1v) is 13.1. The molecule has 1 aromatic carbocycles. The molecule has 2 aliphatic rings. The fourth-order valence-electron chi connectivity index (χ4n) is 5.08. The lowest BCUT2D eigenvalue weighted by Gasteiger charge is -2.31. The summed E-state index contributed by atoms with van der Waals surface area (Å²) in [5, 5.41) is 11.6. The van der Waals surface area contributed by atoms with Gasteiger partial charge in [0.1, 0.15) is 23.8 Å². The number of likely N-dealkylation sites (tertiary alicyclic amines) is 1. The fourth-order valence-corrected chi connectivity index (χ4v) is 5.08. The van der Waals surface area contributed by atoms with Gasteiger partial charge in [-0.15, -0.1) is 0 Å². The van der Waals surface area contributed by atoms with E-state index in [1.165, 1.54) is 4.90 Å². The Morgan fingerprint density at radius 3 is 2.51 bits per heavy atom. The monoisotopic (exact) mass is 537 g/mol. The Bertz CT molecular complexity index is 1270. The normalized spacial score (nSPS) is 19.4. The van der Waals surface area contributed by atoms with Crippen LogP contribution in [0.25, 0.3) is 5.76 Å². The van der Waals surface area contributed by atoms with Gasteiger partial charge in [-0.3, -0.25) is 14.5 Å². The van der Waals surface area contributed by atoms with Crippen LogP contribution in [-0.4, -0.2) is 90.2 Å². The molecule has 0 bridgehead atoms. The number of aliphatic hydroxyl groups excluding tert-OH is 1. The van der Waals surface area contributed by atoms with Crippen LogP contribution in [0.3, 0.4) is 0 Å². The molecule has 0 radical (unpaired) electrons. The van der Waals surface area contributed by atoms with Gasteiger partial charge in [0.25, 0.3) is 11.7 Å². The minimum absolute atomic E-state index is 0.0256. The highest BCUT2D eigenvalue weighted by Gasteiger charge is 2.46. The predicted octanol–water partition coefficient (Wildman–Crippen LogP) is 3.13. The number of rotatable bonds is 10. The van der Waals surface area contributed by atoms with Crippen LogP contribution < -0.4 is 4.74 Å². The van der Waals surface area contributed by atoms with Crippen LogP contribution >= 0.6 is 0 Å². The molecule has 39 heavy (non-hydrogen) atoms. The van der Waals surface area contributed by atoms with Crippen molar-refractivity contribution in [3.63, 3.8) is 0 Å². The maximum Gasteiger partial charge on any atom is 0.355 e. The van der Waals surface area contributed by atoms with Crippen LogP contribution in [0.4, 0.5) is 0 Å². The summed E-state index contributed by atoms with van der Waals surface area (Å²) in [6, 6.07) is 6.26. The Labute approximate surface area is 227 Å². The summed E-state index contributed by atoms with van der Waals surface area (Å²) in [6.07, 6.45) is 1.64. The molecule has 0 aliphatic carbocycles. The number of aromatic nitrogens is 1. The molecule has 1 aromatic heterocycles. The smallest absolute Gasteiger partial charge is 0.355 e. The van der Waals surface area contributed by atoms with Crippen molar-refractivity contribution in [1.82, 2.24) is 14.8 Å². The zero-order valence-corrected chi connectivity index (χ0v) is 22.6. The highest BCUT2D eigenvalue weighted by Crippen LogP contribution is 2.41. The largest absolute Gasteiger partial charge is 0.507 e. The summed E-state index contributed by atoms with van der Waals surface area (Å²) in [4.78, 5) is 45.9. The van der Waals surface area contributed by atoms with Crippen molar-refractivity contribution in [2.24, 2.45) is 0 Å². The molecule has 1 amide bonds. The Morgan fingerprint density at radius 2 is 1.87 bits per heavy atom. The molecule has 1 unspecified atom stereocenters. The van der Waals surface area contributed by atoms with Crippen molar-refractivity contribution >= 4 is 23.4 Å². The number of ketones is 1.